The maximum Gasteiger partial charge on any atom is 0.216 e. The van der Waals surface area contributed by atoms with E-state index in [1.165, 1.54) is 4.90 Å². The zero-order valence-electron chi connectivity index (χ0n) is 6.40. The highest BCUT2D eigenvalue weighted by Gasteiger charge is 2.16. The Morgan fingerprint density at radius 3 is 3.17 bits per heavy atom. The van der Waals surface area contributed by atoms with Gasteiger partial charge in [-0.3, -0.25) is 20.0 Å². The van der Waals surface area contributed by atoms with Crippen LogP contribution in [0.15, 0.2) is 12.4 Å². The van der Waals surface area contributed by atoms with Crippen molar-refractivity contribution >= 4 is 12.2 Å². The molecule has 0 fully saturated rings. The summed E-state index contributed by atoms with van der Waals surface area (Å²) >= 11 is 0. The predicted molar refractivity (Wildman–Crippen MR) is 42.3 cm³/mol. The van der Waals surface area contributed by atoms with Gasteiger partial charge in [0.05, 0.1) is 12.4 Å². The SMILES string of the molecule is O=CN1CNCc2nccnc21. The molecule has 2 rings (SSSR count). The van der Waals surface area contributed by atoms with Crippen molar-refractivity contribution in [1.82, 2.24) is 15.3 Å². The Kier molecular flexibility index (Phi) is 1.71. The van der Waals surface area contributed by atoms with Gasteiger partial charge >= 0.3 is 0 Å². The molecule has 0 unspecified atom stereocenters. The third-order valence-electron chi connectivity index (χ3n) is 1.73. The summed E-state index contributed by atoms with van der Waals surface area (Å²) in [5, 5.41) is 3.03. The van der Waals surface area contributed by atoms with E-state index in [4.69, 9.17) is 0 Å². The molecule has 1 aliphatic heterocycles. The first-order valence-electron chi connectivity index (χ1n) is 3.64. The van der Waals surface area contributed by atoms with Crippen LogP contribution >= 0.6 is 0 Å². The van der Waals surface area contributed by atoms with Crippen LogP contribution in [-0.4, -0.2) is 23.0 Å². The summed E-state index contributed by atoms with van der Waals surface area (Å²) in [6, 6.07) is 0. The van der Waals surface area contributed by atoms with E-state index in [9.17, 15) is 4.79 Å². The first kappa shape index (κ1) is 7.17. The number of nitrogens with one attached hydrogen (secondary N) is 1. The maximum absolute atomic E-state index is 10.5. The lowest BCUT2D eigenvalue weighted by Crippen LogP contribution is -2.39. The first-order chi connectivity index (χ1) is 5.92. The Balaban J connectivity index is 2.43. The van der Waals surface area contributed by atoms with E-state index in [-0.39, 0.29) is 0 Å². The number of fused-ring (bicyclic) bond motifs is 1. The Hall–Kier alpha value is -1.49. The summed E-state index contributed by atoms with van der Waals surface area (Å²) in [4.78, 5) is 20.2. The fourth-order valence-electron chi connectivity index (χ4n) is 1.18. The third-order valence-corrected chi connectivity index (χ3v) is 1.73. The highest BCUT2D eigenvalue weighted by molar-refractivity contribution is 5.74. The largest absolute Gasteiger partial charge is 0.294 e. The Morgan fingerprint density at radius 1 is 1.50 bits per heavy atom. The second-order valence-corrected chi connectivity index (χ2v) is 2.49. The fourth-order valence-corrected chi connectivity index (χ4v) is 1.18. The monoisotopic (exact) mass is 164 g/mol. The molecule has 0 aliphatic carbocycles. The normalized spacial score (nSPS) is 15.5. The van der Waals surface area contributed by atoms with Gasteiger partial charge in [0.2, 0.25) is 6.41 Å². The molecule has 0 radical (unpaired) electrons. The van der Waals surface area contributed by atoms with E-state index >= 15 is 0 Å². The molecule has 0 atom stereocenters. The van der Waals surface area contributed by atoms with Crippen LogP contribution in [0.5, 0.6) is 0 Å². The summed E-state index contributed by atoms with van der Waals surface area (Å²) in [6.45, 7) is 1.18. The fraction of sp³-hybridized carbons (Fsp3) is 0.286. The number of anilines is 1. The van der Waals surface area contributed by atoms with Gasteiger partial charge in [0.1, 0.15) is 0 Å². The minimum atomic E-state index is 0.509. The minimum Gasteiger partial charge on any atom is -0.294 e. The Morgan fingerprint density at radius 2 is 2.33 bits per heavy atom. The number of hydrogen-bond donors (Lipinski definition) is 1. The van der Waals surface area contributed by atoms with E-state index < -0.39 is 0 Å². The molecule has 1 N–H and O–H groups in total. The van der Waals surface area contributed by atoms with Gasteiger partial charge in [-0.15, -0.1) is 0 Å². The smallest absolute Gasteiger partial charge is 0.216 e. The van der Waals surface area contributed by atoms with Crippen LogP contribution in [0.2, 0.25) is 0 Å². The van der Waals surface area contributed by atoms with Gasteiger partial charge in [-0.05, 0) is 0 Å². The molecule has 1 aliphatic rings. The molecule has 0 saturated heterocycles. The molecule has 1 aromatic heterocycles. The number of hydrogen-bond acceptors (Lipinski definition) is 4. The minimum absolute atomic E-state index is 0.509. The lowest BCUT2D eigenvalue weighted by atomic mass is 10.3. The molecule has 0 bridgehead atoms. The molecular weight excluding hydrogens is 156 g/mol. The molecule has 62 valence electrons. The number of rotatable bonds is 1. The van der Waals surface area contributed by atoms with Gasteiger partial charge in [-0.1, -0.05) is 0 Å². The van der Waals surface area contributed by atoms with Crippen LogP contribution in [0.1, 0.15) is 5.69 Å². The summed E-state index contributed by atoms with van der Waals surface area (Å²) < 4.78 is 0. The van der Waals surface area contributed by atoms with Crippen molar-refractivity contribution in [3.05, 3.63) is 18.1 Å². The zero-order valence-corrected chi connectivity index (χ0v) is 6.40. The molecule has 12 heavy (non-hydrogen) atoms. The van der Waals surface area contributed by atoms with Crippen LogP contribution in [0.25, 0.3) is 0 Å². The highest BCUT2D eigenvalue weighted by atomic mass is 16.1. The summed E-state index contributed by atoms with van der Waals surface area (Å²) in [5.74, 6) is 0.659. The van der Waals surface area contributed by atoms with Crippen LogP contribution in [0.3, 0.4) is 0 Å². The van der Waals surface area contributed by atoms with Crippen molar-refractivity contribution in [2.24, 2.45) is 0 Å². The third kappa shape index (κ3) is 1.04. The van der Waals surface area contributed by atoms with E-state index in [0.29, 0.717) is 19.0 Å². The van der Waals surface area contributed by atoms with E-state index in [0.717, 1.165) is 12.1 Å². The van der Waals surface area contributed by atoms with Crippen molar-refractivity contribution in [2.75, 3.05) is 11.6 Å². The number of aromatic nitrogens is 2. The van der Waals surface area contributed by atoms with Gasteiger partial charge in [-0.2, -0.15) is 0 Å². The second-order valence-electron chi connectivity index (χ2n) is 2.49. The van der Waals surface area contributed by atoms with Crippen molar-refractivity contribution in [3.63, 3.8) is 0 Å². The van der Waals surface area contributed by atoms with E-state index in [2.05, 4.69) is 15.3 Å². The summed E-state index contributed by atoms with van der Waals surface area (Å²) in [7, 11) is 0. The molecular formula is C7H8N4O. The molecule has 0 spiro atoms. The molecule has 5 nitrogen and oxygen atoms in total. The number of amides is 1. The van der Waals surface area contributed by atoms with Gasteiger partial charge in [0.15, 0.2) is 5.82 Å². The topological polar surface area (TPSA) is 58.1 Å². The zero-order chi connectivity index (χ0) is 8.39. The van der Waals surface area contributed by atoms with E-state index in [1.54, 1.807) is 12.4 Å². The predicted octanol–water partition coefficient (Wildman–Crippen LogP) is -0.500. The lowest BCUT2D eigenvalue weighted by Gasteiger charge is -2.23. The number of carbonyl (C=O) groups excluding carboxylic acids is 1. The molecule has 1 aromatic rings. The first-order valence-corrected chi connectivity index (χ1v) is 3.64. The van der Waals surface area contributed by atoms with Crippen molar-refractivity contribution in [3.8, 4) is 0 Å². The molecule has 0 saturated carbocycles. The molecule has 5 heteroatoms. The second kappa shape index (κ2) is 2.86. The van der Waals surface area contributed by atoms with E-state index in [1.807, 2.05) is 0 Å². The number of nitrogens with zero attached hydrogens (tertiary/aromatic N) is 3. The van der Waals surface area contributed by atoms with Crippen LogP contribution < -0.4 is 10.2 Å². The number of carbonyl (C=O) groups is 1. The Bertz CT molecular complexity index is 301. The lowest BCUT2D eigenvalue weighted by molar-refractivity contribution is -0.107. The quantitative estimate of drug-likeness (QED) is 0.568. The summed E-state index contributed by atoms with van der Waals surface area (Å²) in [6.07, 6.45) is 3.95. The van der Waals surface area contributed by atoms with Gasteiger partial charge in [-0.25, -0.2) is 4.98 Å². The molecule has 2 heterocycles. The van der Waals surface area contributed by atoms with Crippen LogP contribution in [0.4, 0.5) is 5.82 Å². The van der Waals surface area contributed by atoms with Gasteiger partial charge in [0, 0.05) is 18.9 Å². The standard InChI is InChI=1S/C7H8N4O/c12-5-11-4-8-3-6-7(11)10-2-1-9-6/h1-2,5,8H,3-4H2. The van der Waals surface area contributed by atoms with Gasteiger partial charge in [0.25, 0.3) is 0 Å². The molecule has 0 aromatic carbocycles. The van der Waals surface area contributed by atoms with Gasteiger partial charge < -0.3 is 0 Å². The maximum atomic E-state index is 10.5. The van der Waals surface area contributed by atoms with Crippen LogP contribution in [-0.2, 0) is 11.3 Å². The Labute approximate surface area is 69.4 Å². The van der Waals surface area contributed by atoms with Crippen molar-refractivity contribution < 1.29 is 4.79 Å². The average molecular weight is 164 g/mol. The molecule has 1 amide bonds. The average Bonchev–Trinajstić information content (AvgIpc) is 2.17. The van der Waals surface area contributed by atoms with Crippen molar-refractivity contribution in [2.45, 2.75) is 6.54 Å². The highest BCUT2D eigenvalue weighted by Crippen LogP contribution is 2.15. The van der Waals surface area contributed by atoms with Crippen LogP contribution in [0, 0.1) is 0 Å². The van der Waals surface area contributed by atoms with Crippen molar-refractivity contribution in [1.29, 1.82) is 0 Å². The summed E-state index contributed by atoms with van der Waals surface area (Å²) in [5.41, 5.74) is 0.816.